The van der Waals surface area contributed by atoms with Crippen LogP contribution in [0, 0.1) is 11.8 Å². The molecule has 3 N–H and O–H groups in total. The third-order valence-corrected chi connectivity index (χ3v) is 7.77. The minimum Gasteiger partial charge on any atom is -0.494 e. The maximum atomic E-state index is 12.6. The number of rotatable bonds is 8. The van der Waals surface area contributed by atoms with Gasteiger partial charge in [0.15, 0.2) is 5.82 Å². The van der Waals surface area contributed by atoms with Gasteiger partial charge in [-0.3, -0.25) is 4.79 Å². The van der Waals surface area contributed by atoms with Crippen molar-refractivity contribution >= 4 is 46.7 Å². The van der Waals surface area contributed by atoms with Gasteiger partial charge in [0.2, 0.25) is 11.9 Å². The summed E-state index contributed by atoms with van der Waals surface area (Å²) in [4.78, 5) is 35.8. The molecule has 0 spiro atoms. The van der Waals surface area contributed by atoms with E-state index in [-0.39, 0.29) is 35.9 Å². The average molecular weight is 555 g/mol. The van der Waals surface area contributed by atoms with E-state index in [1.54, 1.807) is 12.0 Å². The summed E-state index contributed by atoms with van der Waals surface area (Å²) in [5, 5.41) is 9.86. The largest absolute Gasteiger partial charge is 0.494 e. The lowest BCUT2D eigenvalue weighted by molar-refractivity contribution is -0.118. The molecular formula is C28H35ClN6O4. The number of carbonyl (C=O) groups is 2. The third kappa shape index (κ3) is 5.48. The highest BCUT2D eigenvalue weighted by molar-refractivity contribution is 6.32. The minimum atomic E-state index is -0.433. The highest BCUT2D eigenvalue weighted by atomic mass is 35.5. The molecule has 39 heavy (non-hydrogen) atoms. The van der Waals surface area contributed by atoms with E-state index in [0.717, 1.165) is 30.5 Å². The number of halogens is 1. The summed E-state index contributed by atoms with van der Waals surface area (Å²) in [5.41, 5.74) is 2.55. The van der Waals surface area contributed by atoms with E-state index in [4.69, 9.17) is 21.1 Å². The molecule has 1 saturated carbocycles. The first-order valence-electron chi connectivity index (χ1n) is 13.5. The number of nitrogens with one attached hydrogen (secondary N) is 3. The fourth-order valence-corrected chi connectivity index (χ4v) is 5.95. The van der Waals surface area contributed by atoms with Crippen LogP contribution in [-0.2, 0) is 16.0 Å². The molecule has 2 bridgehead atoms. The number of amides is 2. The summed E-state index contributed by atoms with van der Waals surface area (Å²) in [7, 11) is 1.62. The van der Waals surface area contributed by atoms with Crippen LogP contribution in [0.3, 0.4) is 0 Å². The quantitative estimate of drug-likeness (QED) is 0.388. The summed E-state index contributed by atoms with van der Waals surface area (Å²) in [6.45, 7) is 6.36. The number of alkyl carbamates (subject to hydrolysis) is 1. The zero-order valence-corrected chi connectivity index (χ0v) is 23.4. The number of carbonyl (C=O) groups excluding carboxylic acids is 2. The van der Waals surface area contributed by atoms with Crippen LogP contribution in [0.15, 0.2) is 30.5 Å². The lowest BCUT2D eigenvalue weighted by Gasteiger charge is -2.29. The second kappa shape index (κ2) is 11.3. The number of benzene rings is 1. The van der Waals surface area contributed by atoms with Crippen LogP contribution < -0.4 is 25.6 Å². The van der Waals surface area contributed by atoms with Crippen molar-refractivity contribution in [2.75, 3.05) is 29.2 Å². The normalized spacial score (nSPS) is 23.4. The van der Waals surface area contributed by atoms with Gasteiger partial charge >= 0.3 is 6.09 Å². The van der Waals surface area contributed by atoms with Crippen molar-refractivity contribution in [2.45, 2.75) is 64.6 Å². The Morgan fingerprint density at radius 1 is 1.23 bits per heavy atom. The molecule has 1 aromatic carbocycles. The van der Waals surface area contributed by atoms with E-state index in [9.17, 15) is 9.59 Å². The molecule has 4 unspecified atom stereocenters. The molecule has 2 heterocycles. The fraction of sp³-hybridized carbons (Fsp3) is 0.500. The van der Waals surface area contributed by atoms with Gasteiger partial charge in [0, 0.05) is 36.4 Å². The highest BCUT2D eigenvalue weighted by Crippen LogP contribution is 2.43. The molecule has 3 aliphatic rings. The van der Waals surface area contributed by atoms with Gasteiger partial charge in [-0.1, -0.05) is 23.8 Å². The molecule has 0 radical (unpaired) electrons. The van der Waals surface area contributed by atoms with E-state index in [0.29, 0.717) is 41.2 Å². The topological polar surface area (TPSA) is 118 Å². The molecule has 1 aliphatic heterocycles. The van der Waals surface area contributed by atoms with Crippen LogP contribution >= 0.6 is 11.6 Å². The molecular weight excluding hydrogens is 520 g/mol. The van der Waals surface area contributed by atoms with Crippen molar-refractivity contribution in [1.29, 1.82) is 0 Å². The molecule has 5 rings (SSSR count). The molecule has 4 atom stereocenters. The van der Waals surface area contributed by atoms with Crippen LogP contribution in [0.4, 0.5) is 27.9 Å². The Morgan fingerprint density at radius 2 is 2.03 bits per heavy atom. The first-order valence-corrected chi connectivity index (χ1v) is 13.9. The molecule has 2 aliphatic carbocycles. The maximum absolute atomic E-state index is 12.6. The Hall–Kier alpha value is -3.53. The number of hydrogen-bond acceptors (Lipinski definition) is 8. The van der Waals surface area contributed by atoms with E-state index < -0.39 is 6.09 Å². The summed E-state index contributed by atoms with van der Waals surface area (Å²) in [6.07, 6.45) is 7.92. The summed E-state index contributed by atoms with van der Waals surface area (Å²) in [5.74, 6) is 1.91. The Kier molecular flexibility index (Phi) is 7.83. The van der Waals surface area contributed by atoms with Crippen molar-refractivity contribution in [2.24, 2.45) is 11.8 Å². The zero-order chi connectivity index (χ0) is 27.7. The standard InChI is InChI=1S/C28H35ClN6O4/c1-5-35-21-12-11-20(25(38-4)18(21)7-6-8-22(35)36)32-27-30-14-19(29)26(34-27)33-23-16-9-10-17(13-16)24(23)39-28(37)31-15(2)3/h9-12,14-17,23-24H,5-8,13H2,1-4H3,(H,31,37)(H2,30,32,33,34). The summed E-state index contributed by atoms with van der Waals surface area (Å²) >= 11 is 6.50. The first-order chi connectivity index (χ1) is 18.8. The molecule has 1 aromatic heterocycles. The second-order valence-electron chi connectivity index (χ2n) is 10.4. The van der Waals surface area contributed by atoms with E-state index in [1.165, 1.54) is 6.20 Å². The van der Waals surface area contributed by atoms with Crippen molar-refractivity contribution in [3.8, 4) is 5.75 Å². The predicted molar refractivity (Wildman–Crippen MR) is 151 cm³/mol. The molecule has 0 saturated heterocycles. The maximum Gasteiger partial charge on any atom is 0.407 e. The number of ether oxygens (including phenoxy) is 2. The Bertz CT molecular complexity index is 1280. The van der Waals surface area contributed by atoms with Crippen molar-refractivity contribution < 1.29 is 19.1 Å². The summed E-state index contributed by atoms with van der Waals surface area (Å²) in [6, 6.07) is 3.63. The predicted octanol–water partition coefficient (Wildman–Crippen LogP) is 5.06. The Labute approximate surface area is 233 Å². The van der Waals surface area contributed by atoms with Crippen molar-refractivity contribution in [3.05, 3.63) is 41.1 Å². The van der Waals surface area contributed by atoms with Gasteiger partial charge in [-0.25, -0.2) is 9.78 Å². The SMILES string of the molecule is CCN1C(=O)CCCc2c1ccc(Nc1ncc(Cl)c(NC3C4C=CC(C4)C3OC(=O)NC(C)C)n1)c2OC. The van der Waals surface area contributed by atoms with Gasteiger partial charge in [0.1, 0.15) is 16.9 Å². The van der Waals surface area contributed by atoms with Crippen LogP contribution in [0.5, 0.6) is 5.75 Å². The molecule has 2 aromatic rings. The van der Waals surface area contributed by atoms with Crippen LogP contribution in [0.25, 0.3) is 0 Å². The first kappa shape index (κ1) is 27.1. The van der Waals surface area contributed by atoms with Gasteiger partial charge in [-0.15, -0.1) is 0 Å². The van der Waals surface area contributed by atoms with Crippen molar-refractivity contribution in [3.63, 3.8) is 0 Å². The Morgan fingerprint density at radius 3 is 2.77 bits per heavy atom. The average Bonchev–Trinajstić information content (AvgIpc) is 3.45. The summed E-state index contributed by atoms with van der Waals surface area (Å²) < 4.78 is 11.6. The number of hydrogen-bond donors (Lipinski definition) is 3. The van der Waals surface area contributed by atoms with Crippen LogP contribution in [0.1, 0.15) is 45.6 Å². The lowest BCUT2D eigenvalue weighted by Crippen LogP contribution is -2.43. The zero-order valence-electron chi connectivity index (χ0n) is 22.7. The number of anilines is 4. The number of fused-ring (bicyclic) bond motifs is 3. The van der Waals surface area contributed by atoms with Crippen molar-refractivity contribution in [1.82, 2.24) is 15.3 Å². The van der Waals surface area contributed by atoms with E-state index >= 15 is 0 Å². The fourth-order valence-electron chi connectivity index (χ4n) is 5.80. The molecule has 1 fully saturated rings. The molecule has 11 heteroatoms. The highest BCUT2D eigenvalue weighted by Gasteiger charge is 2.47. The smallest absolute Gasteiger partial charge is 0.407 e. The number of nitrogens with zero attached hydrogens (tertiary/aromatic N) is 3. The van der Waals surface area contributed by atoms with E-state index in [2.05, 4.69) is 38.1 Å². The minimum absolute atomic E-state index is 0.0153. The van der Waals surface area contributed by atoms with E-state index in [1.807, 2.05) is 32.9 Å². The molecule has 10 nitrogen and oxygen atoms in total. The molecule has 2 amide bonds. The van der Waals surface area contributed by atoms with Gasteiger partial charge in [0.25, 0.3) is 0 Å². The van der Waals surface area contributed by atoms with Crippen LogP contribution in [0.2, 0.25) is 5.02 Å². The number of methoxy groups -OCH3 is 1. The second-order valence-corrected chi connectivity index (χ2v) is 10.8. The monoisotopic (exact) mass is 554 g/mol. The third-order valence-electron chi connectivity index (χ3n) is 7.50. The van der Waals surface area contributed by atoms with Gasteiger partial charge < -0.3 is 30.3 Å². The van der Waals surface area contributed by atoms with Gasteiger partial charge in [0.05, 0.1) is 30.7 Å². The van der Waals surface area contributed by atoms with Gasteiger partial charge in [-0.2, -0.15) is 4.98 Å². The lowest BCUT2D eigenvalue weighted by atomic mass is 9.98. The number of aromatic nitrogens is 2. The Balaban J connectivity index is 1.38. The van der Waals surface area contributed by atoms with Gasteiger partial charge in [-0.05, 0) is 52.2 Å². The van der Waals surface area contributed by atoms with Crippen LogP contribution in [-0.4, -0.2) is 53.8 Å². The molecule has 208 valence electrons.